The molecule has 2 N–H and O–H groups in total. The summed E-state index contributed by atoms with van der Waals surface area (Å²) in [6.45, 7) is 11.5. The molecule has 0 saturated heterocycles. The minimum absolute atomic E-state index is 0.0629. The van der Waals surface area contributed by atoms with E-state index in [1.54, 1.807) is 4.90 Å². The Morgan fingerprint density at radius 2 is 1.67 bits per heavy atom. The van der Waals surface area contributed by atoms with Crippen molar-refractivity contribution < 1.29 is 4.79 Å². The molecule has 1 rings (SSSR count). The number of likely N-dealkylation sites (N-methyl/N-ethyl adjacent to an activating group) is 1. The van der Waals surface area contributed by atoms with Crippen molar-refractivity contribution in [1.82, 2.24) is 4.90 Å². The highest BCUT2D eigenvalue weighted by molar-refractivity contribution is 5.87. The lowest BCUT2D eigenvalue weighted by Crippen LogP contribution is -2.46. The molecule has 0 aliphatic heterocycles. The fourth-order valence-electron chi connectivity index (χ4n) is 2.54. The first-order valence-corrected chi connectivity index (χ1v) is 7.69. The van der Waals surface area contributed by atoms with Crippen LogP contribution in [0.25, 0.3) is 0 Å². The standard InChI is InChI=1S/C18H30N2O/c1-7-14-8-10-15(11-9-14)18(4,5)16(21)20(6)13-17(2,3)12-19/h8-11H,7,12-13,19H2,1-6H3. The molecular formula is C18H30N2O. The quantitative estimate of drug-likeness (QED) is 0.875. The average molecular weight is 290 g/mol. The number of carbonyl (C=O) groups is 1. The van der Waals surface area contributed by atoms with Crippen LogP contribution in [0, 0.1) is 5.41 Å². The predicted octanol–water partition coefficient (Wildman–Crippen LogP) is 2.97. The van der Waals surface area contributed by atoms with Gasteiger partial charge in [0.15, 0.2) is 0 Å². The van der Waals surface area contributed by atoms with Crippen LogP contribution >= 0.6 is 0 Å². The third-order valence-corrected chi connectivity index (χ3v) is 4.18. The van der Waals surface area contributed by atoms with Crippen LogP contribution in [0.15, 0.2) is 24.3 Å². The number of aryl methyl sites for hydroxylation is 1. The number of benzene rings is 1. The van der Waals surface area contributed by atoms with Crippen LogP contribution in [-0.4, -0.2) is 30.9 Å². The summed E-state index contributed by atoms with van der Waals surface area (Å²) >= 11 is 0. The van der Waals surface area contributed by atoms with Gasteiger partial charge in [-0.3, -0.25) is 4.79 Å². The van der Waals surface area contributed by atoms with E-state index in [4.69, 9.17) is 5.73 Å². The van der Waals surface area contributed by atoms with Gasteiger partial charge < -0.3 is 10.6 Å². The fraction of sp³-hybridized carbons (Fsp3) is 0.611. The summed E-state index contributed by atoms with van der Waals surface area (Å²) in [6.07, 6.45) is 1.01. The van der Waals surface area contributed by atoms with E-state index in [2.05, 4.69) is 45.0 Å². The second kappa shape index (κ2) is 6.61. The molecule has 0 radical (unpaired) electrons. The molecule has 21 heavy (non-hydrogen) atoms. The number of hydrogen-bond donors (Lipinski definition) is 1. The largest absolute Gasteiger partial charge is 0.344 e. The zero-order valence-corrected chi connectivity index (χ0v) is 14.4. The van der Waals surface area contributed by atoms with Crippen LogP contribution in [0.1, 0.15) is 45.7 Å². The van der Waals surface area contributed by atoms with Crippen LogP contribution < -0.4 is 5.73 Å². The molecule has 0 aromatic heterocycles. The van der Waals surface area contributed by atoms with Crippen molar-refractivity contribution in [2.24, 2.45) is 11.1 Å². The van der Waals surface area contributed by atoms with Gasteiger partial charge in [0, 0.05) is 13.6 Å². The van der Waals surface area contributed by atoms with Crippen LogP contribution in [0.2, 0.25) is 0 Å². The summed E-state index contributed by atoms with van der Waals surface area (Å²) in [6, 6.07) is 8.35. The molecule has 0 fully saturated rings. The number of hydrogen-bond acceptors (Lipinski definition) is 2. The van der Waals surface area contributed by atoms with Gasteiger partial charge in [0.05, 0.1) is 5.41 Å². The van der Waals surface area contributed by atoms with E-state index >= 15 is 0 Å². The van der Waals surface area contributed by atoms with E-state index in [0.717, 1.165) is 12.0 Å². The molecule has 118 valence electrons. The number of nitrogens with two attached hydrogens (primary N) is 1. The molecule has 1 amide bonds. The predicted molar refractivity (Wildman–Crippen MR) is 89.3 cm³/mol. The summed E-state index contributed by atoms with van der Waals surface area (Å²) in [7, 11) is 1.86. The third kappa shape index (κ3) is 4.31. The minimum Gasteiger partial charge on any atom is -0.344 e. The van der Waals surface area contributed by atoms with Gasteiger partial charge in [0.1, 0.15) is 0 Å². The Balaban J connectivity index is 2.92. The monoisotopic (exact) mass is 290 g/mol. The first-order valence-electron chi connectivity index (χ1n) is 7.69. The average Bonchev–Trinajstić information content (AvgIpc) is 2.46. The maximum atomic E-state index is 12.8. The number of amides is 1. The van der Waals surface area contributed by atoms with Crippen molar-refractivity contribution in [2.75, 3.05) is 20.1 Å². The SMILES string of the molecule is CCc1ccc(C(C)(C)C(=O)N(C)CC(C)(C)CN)cc1. The lowest BCUT2D eigenvalue weighted by molar-refractivity contribution is -0.136. The Kier molecular flexibility index (Phi) is 5.57. The lowest BCUT2D eigenvalue weighted by atomic mass is 9.82. The molecule has 1 aromatic rings. The van der Waals surface area contributed by atoms with Gasteiger partial charge in [-0.2, -0.15) is 0 Å². The maximum Gasteiger partial charge on any atom is 0.232 e. The van der Waals surface area contributed by atoms with Gasteiger partial charge >= 0.3 is 0 Å². The van der Waals surface area contributed by atoms with Crippen molar-refractivity contribution in [2.45, 2.75) is 46.5 Å². The van der Waals surface area contributed by atoms with Crippen molar-refractivity contribution in [3.63, 3.8) is 0 Å². The molecule has 1 aromatic carbocycles. The Labute approximate surface area is 129 Å². The zero-order chi connectivity index (χ0) is 16.3. The van der Waals surface area contributed by atoms with Gasteiger partial charge in [-0.1, -0.05) is 45.0 Å². The zero-order valence-electron chi connectivity index (χ0n) is 14.4. The second-order valence-corrected chi connectivity index (χ2v) is 7.21. The van der Waals surface area contributed by atoms with Gasteiger partial charge in [0.25, 0.3) is 0 Å². The van der Waals surface area contributed by atoms with Gasteiger partial charge in [-0.05, 0) is 43.4 Å². The highest BCUT2D eigenvalue weighted by atomic mass is 16.2. The first-order chi connectivity index (χ1) is 9.64. The van der Waals surface area contributed by atoms with Crippen LogP contribution in [0.3, 0.4) is 0 Å². The molecule has 0 aliphatic carbocycles. The molecule has 0 unspecified atom stereocenters. The summed E-state index contributed by atoms with van der Waals surface area (Å²) in [4.78, 5) is 14.6. The molecule has 3 nitrogen and oxygen atoms in total. The second-order valence-electron chi connectivity index (χ2n) is 7.21. The Morgan fingerprint density at radius 1 is 1.14 bits per heavy atom. The molecular weight excluding hydrogens is 260 g/mol. The number of carbonyl (C=O) groups excluding carboxylic acids is 1. The fourth-order valence-corrected chi connectivity index (χ4v) is 2.54. The van der Waals surface area contributed by atoms with Gasteiger partial charge in [0.2, 0.25) is 5.91 Å². The summed E-state index contributed by atoms with van der Waals surface area (Å²) in [5, 5.41) is 0. The maximum absolute atomic E-state index is 12.8. The van der Waals surface area contributed by atoms with Crippen molar-refractivity contribution >= 4 is 5.91 Å². The van der Waals surface area contributed by atoms with Crippen molar-refractivity contribution in [3.8, 4) is 0 Å². The summed E-state index contributed by atoms with van der Waals surface area (Å²) in [5.74, 6) is 0.133. The topological polar surface area (TPSA) is 46.3 Å². The Hall–Kier alpha value is -1.35. The summed E-state index contributed by atoms with van der Waals surface area (Å²) in [5.41, 5.74) is 7.53. The van der Waals surface area contributed by atoms with E-state index in [0.29, 0.717) is 13.1 Å². The molecule has 0 spiro atoms. The van der Waals surface area contributed by atoms with Crippen LogP contribution in [0.4, 0.5) is 0 Å². The van der Waals surface area contributed by atoms with Crippen LogP contribution in [-0.2, 0) is 16.6 Å². The smallest absolute Gasteiger partial charge is 0.232 e. The number of rotatable bonds is 6. The van der Waals surface area contributed by atoms with Gasteiger partial charge in [-0.15, -0.1) is 0 Å². The Morgan fingerprint density at radius 3 is 2.10 bits per heavy atom. The minimum atomic E-state index is -0.522. The van der Waals surface area contributed by atoms with E-state index in [1.807, 2.05) is 20.9 Å². The van der Waals surface area contributed by atoms with Crippen molar-refractivity contribution in [3.05, 3.63) is 35.4 Å². The van der Waals surface area contributed by atoms with E-state index in [9.17, 15) is 4.79 Å². The van der Waals surface area contributed by atoms with E-state index < -0.39 is 5.41 Å². The molecule has 3 heteroatoms. The van der Waals surface area contributed by atoms with Crippen LogP contribution in [0.5, 0.6) is 0 Å². The van der Waals surface area contributed by atoms with E-state index in [-0.39, 0.29) is 11.3 Å². The molecule has 0 bridgehead atoms. The molecule has 0 heterocycles. The molecule has 0 saturated carbocycles. The summed E-state index contributed by atoms with van der Waals surface area (Å²) < 4.78 is 0. The Bertz CT molecular complexity index is 474. The number of nitrogens with zero attached hydrogens (tertiary/aromatic N) is 1. The van der Waals surface area contributed by atoms with E-state index in [1.165, 1.54) is 5.56 Å². The first kappa shape index (κ1) is 17.7. The van der Waals surface area contributed by atoms with Gasteiger partial charge in [-0.25, -0.2) is 0 Å². The molecule has 0 aliphatic rings. The van der Waals surface area contributed by atoms with Crippen molar-refractivity contribution in [1.29, 1.82) is 0 Å². The third-order valence-electron chi connectivity index (χ3n) is 4.18. The highest BCUT2D eigenvalue weighted by Crippen LogP contribution is 2.27. The molecule has 0 atom stereocenters. The lowest BCUT2D eigenvalue weighted by Gasteiger charge is -2.34. The highest BCUT2D eigenvalue weighted by Gasteiger charge is 2.34. The normalized spacial score (nSPS) is 12.3.